The van der Waals surface area contributed by atoms with E-state index in [1.54, 1.807) is 14.2 Å². The van der Waals surface area contributed by atoms with Gasteiger partial charge < -0.3 is 19.5 Å². The number of esters is 1. The van der Waals surface area contributed by atoms with E-state index in [0.717, 1.165) is 11.5 Å². The first-order valence-electron chi connectivity index (χ1n) is 7.37. The largest absolute Gasteiger partial charge is 0.493 e. The van der Waals surface area contributed by atoms with E-state index in [2.05, 4.69) is 10.1 Å². The van der Waals surface area contributed by atoms with Gasteiger partial charge in [0, 0.05) is 6.92 Å². The van der Waals surface area contributed by atoms with Crippen LogP contribution in [0.2, 0.25) is 0 Å². The Labute approximate surface area is 138 Å². The highest BCUT2D eigenvalue weighted by atomic mass is 16.5. The quantitative estimate of drug-likeness (QED) is 0.813. The van der Waals surface area contributed by atoms with Crippen LogP contribution in [0.25, 0.3) is 0 Å². The van der Waals surface area contributed by atoms with Crippen molar-refractivity contribution in [1.29, 1.82) is 0 Å². The van der Waals surface area contributed by atoms with Gasteiger partial charge in [0.2, 0.25) is 5.91 Å². The first kappa shape index (κ1) is 20.8. The van der Waals surface area contributed by atoms with Crippen LogP contribution in [0.15, 0.2) is 24.3 Å². The number of para-hydroxylation sites is 2. The summed E-state index contributed by atoms with van der Waals surface area (Å²) in [6.45, 7) is 5.35. The van der Waals surface area contributed by atoms with E-state index in [1.807, 2.05) is 38.1 Å². The van der Waals surface area contributed by atoms with Crippen molar-refractivity contribution in [1.82, 2.24) is 5.32 Å². The lowest BCUT2D eigenvalue weighted by Crippen LogP contribution is -2.41. The molecule has 0 aliphatic rings. The number of carbonyl (C=O) groups is 2. The smallest absolute Gasteiger partial charge is 0.328 e. The van der Waals surface area contributed by atoms with Crippen LogP contribution in [0.1, 0.15) is 27.2 Å². The average molecular weight is 325 g/mol. The summed E-state index contributed by atoms with van der Waals surface area (Å²) in [5.74, 6) is 1.28. The molecule has 6 heteroatoms. The van der Waals surface area contributed by atoms with Gasteiger partial charge in [-0.1, -0.05) is 26.0 Å². The van der Waals surface area contributed by atoms with Crippen LogP contribution < -0.4 is 14.8 Å². The molecule has 1 rings (SSSR count). The predicted octanol–water partition coefficient (Wildman–Crippen LogP) is 2.41. The number of ether oxygens (including phenoxy) is 3. The number of hydrogen-bond acceptors (Lipinski definition) is 5. The lowest BCUT2D eigenvalue weighted by molar-refractivity contribution is -0.145. The first-order valence-corrected chi connectivity index (χ1v) is 7.37. The maximum absolute atomic E-state index is 11.1. The highest BCUT2D eigenvalue weighted by molar-refractivity contribution is 5.83. The molecule has 1 atom stereocenters. The fraction of sp³-hybridized carbons (Fsp3) is 0.529. The van der Waals surface area contributed by atoms with Crippen molar-refractivity contribution in [2.75, 3.05) is 21.3 Å². The standard InChI is InChI=1S/C9H17NO3.C8H10O2/c1-6(2)5-8(9(12)13-4)10-7(3)11;1-9-7-5-3-4-6-8(7)10-2/h6,8H,5H2,1-4H3,(H,10,11);3-6H,1-2H3. The number of methoxy groups -OCH3 is 3. The van der Waals surface area contributed by atoms with Crippen molar-refractivity contribution in [3.63, 3.8) is 0 Å². The van der Waals surface area contributed by atoms with Gasteiger partial charge in [-0.3, -0.25) is 4.79 Å². The van der Waals surface area contributed by atoms with E-state index in [1.165, 1.54) is 14.0 Å². The molecule has 0 aliphatic heterocycles. The van der Waals surface area contributed by atoms with Gasteiger partial charge in [0.15, 0.2) is 11.5 Å². The average Bonchev–Trinajstić information content (AvgIpc) is 2.53. The van der Waals surface area contributed by atoms with Crippen LogP contribution in [0.3, 0.4) is 0 Å². The molecule has 0 aliphatic carbocycles. The Balaban J connectivity index is 0.000000433. The zero-order chi connectivity index (χ0) is 17.8. The van der Waals surface area contributed by atoms with Crippen LogP contribution in [0.4, 0.5) is 0 Å². The second-order valence-corrected chi connectivity index (χ2v) is 5.26. The molecule has 1 aromatic carbocycles. The van der Waals surface area contributed by atoms with Crippen molar-refractivity contribution in [2.24, 2.45) is 5.92 Å². The van der Waals surface area contributed by atoms with E-state index in [0.29, 0.717) is 12.3 Å². The molecular weight excluding hydrogens is 298 g/mol. The molecular formula is C17H27NO5. The van der Waals surface area contributed by atoms with Crippen LogP contribution in [0.5, 0.6) is 11.5 Å². The lowest BCUT2D eigenvalue weighted by atomic mass is 10.0. The van der Waals surface area contributed by atoms with E-state index in [-0.39, 0.29) is 11.9 Å². The molecule has 1 N–H and O–H groups in total. The molecule has 0 saturated heterocycles. The minimum Gasteiger partial charge on any atom is -0.493 e. The molecule has 0 bridgehead atoms. The number of carbonyl (C=O) groups excluding carboxylic acids is 2. The molecule has 0 saturated carbocycles. The summed E-state index contributed by atoms with van der Waals surface area (Å²) >= 11 is 0. The number of amides is 1. The first-order chi connectivity index (χ1) is 10.8. The predicted molar refractivity (Wildman–Crippen MR) is 88.6 cm³/mol. The highest BCUT2D eigenvalue weighted by Crippen LogP contribution is 2.24. The summed E-state index contributed by atoms with van der Waals surface area (Å²) in [7, 11) is 4.56. The van der Waals surface area contributed by atoms with E-state index >= 15 is 0 Å². The monoisotopic (exact) mass is 325 g/mol. The zero-order valence-electron chi connectivity index (χ0n) is 14.7. The molecule has 0 fully saturated rings. The van der Waals surface area contributed by atoms with Crippen LogP contribution >= 0.6 is 0 Å². The van der Waals surface area contributed by atoms with Gasteiger partial charge in [-0.25, -0.2) is 4.79 Å². The van der Waals surface area contributed by atoms with E-state index < -0.39 is 6.04 Å². The summed E-state index contributed by atoms with van der Waals surface area (Å²) in [6, 6.07) is 7.02. The van der Waals surface area contributed by atoms with Gasteiger partial charge in [-0.2, -0.15) is 0 Å². The van der Waals surface area contributed by atoms with Crippen molar-refractivity contribution < 1.29 is 23.8 Å². The fourth-order valence-corrected chi connectivity index (χ4v) is 1.86. The molecule has 0 radical (unpaired) electrons. The normalized spacial score (nSPS) is 10.9. The third-order valence-corrected chi connectivity index (χ3v) is 2.86. The number of benzene rings is 1. The molecule has 0 heterocycles. The Bertz CT molecular complexity index is 465. The van der Waals surface area contributed by atoms with Crippen molar-refractivity contribution >= 4 is 11.9 Å². The zero-order valence-corrected chi connectivity index (χ0v) is 14.7. The molecule has 0 aromatic heterocycles. The molecule has 1 unspecified atom stereocenters. The molecule has 6 nitrogen and oxygen atoms in total. The van der Waals surface area contributed by atoms with Crippen LogP contribution in [0, 0.1) is 5.92 Å². The van der Waals surface area contributed by atoms with Gasteiger partial charge in [-0.15, -0.1) is 0 Å². The third-order valence-electron chi connectivity index (χ3n) is 2.86. The summed E-state index contributed by atoms with van der Waals surface area (Å²) in [4.78, 5) is 21.9. The van der Waals surface area contributed by atoms with Crippen molar-refractivity contribution in [3.8, 4) is 11.5 Å². The van der Waals surface area contributed by atoms with Crippen LogP contribution in [-0.2, 0) is 14.3 Å². The summed E-state index contributed by atoms with van der Waals surface area (Å²) in [6.07, 6.45) is 0.603. The Hall–Kier alpha value is -2.24. The van der Waals surface area contributed by atoms with Gasteiger partial charge in [0.25, 0.3) is 0 Å². The number of nitrogens with one attached hydrogen (secondary N) is 1. The molecule has 0 spiro atoms. The molecule has 1 amide bonds. The van der Waals surface area contributed by atoms with Gasteiger partial charge in [-0.05, 0) is 24.5 Å². The van der Waals surface area contributed by atoms with Gasteiger partial charge in [0.1, 0.15) is 6.04 Å². The Morgan fingerprint density at radius 1 is 1.04 bits per heavy atom. The number of rotatable bonds is 6. The molecule has 1 aromatic rings. The van der Waals surface area contributed by atoms with Crippen LogP contribution in [-0.4, -0.2) is 39.2 Å². The number of hydrogen-bond donors (Lipinski definition) is 1. The Kier molecular flexibility index (Phi) is 10.2. The van der Waals surface area contributed by atoms with E-state index in [4.69, 9.17) is 9.47 Å². The maximum atomic E-state index is 11.1. The van der Waals surface area contributed by atoms with Crippen molar-refractivity contribution in [3.05, 3.63) is 24.3 Å². The molecule has 23 heavy (non-hydrogen) atoms. The van der Waals surface area contributed by atoms with E-state index in [9.17, 15) is 9.59 Å². The maximum Gasteiger partial charge on any atom is 0.328 e. The summed E-state index contributed by atoms with van der Waals surface area (Å²) in [5, 5.41) is 2.55. The third kappa shape index (κ3) is 8.70. The topological polar surface area (TPSA) is 73.9 Å². The lowest BCUT2D eigenvalue weighted by Gasteiger charge is -2.16. The fourth-order valence-electron chi connectivity index (χ4n) is 1.86. The van der Waals surface area contributed by atoms with Gasteiger partial charge in [0.05, 0.1) is 21.3 Å². The second-order valence-electron chi connectivity index (χ2n) is 5.26. The molecule has 130 valence electrons. The second kappa shape index (κ2) is 11.3. The summed E-state index contributed by atoms with van der Waals surface area (Å²) < 4.78 is 14.6. The summed E-state index contributed by atoms with van der Waals surface area (Å²) in [5.41, 5.74) is 0. The SMILES string of the molecule is COC(=O)C(CC(C)C)NC(C)=O.COc1ccccc1OC. The van der Waals surface area contributed by atoms with Crippen molar-refractivity contribution in [2.45, 2.75) is 33.2 Å². The highest BCUT2D eigenvalue weighted by Gasteiger charge is 2.20. The Morgan fingerprint density at radius 2 is 1.52 bits per heavy atom. The van der Waals surface area contributed by atoms with Gasteiger partial charge >= 0.3 is 5.97 Å². The Morgan fingerprint density at radius 3 is 1.83 bits per heavy atom. The minimum absolute atomic E-state index is 0.212. The minimum atomic E-state index is -0.512.